The van der Waals surface area contributed by atoms with E-state index in [2.05, 4.69) is 61.2 Å². The van der Waals surface area contributed by atoms with Crippen LogP contribution in [0.5, 0.6) is 0 Å². The van der Waals surface area contributed by atoms with Gasteiger partial charge in [0.05, 0.1) is 6.07 Å². The van der Waals surface area contributed by atoms with Crippen LogP contribution in [-0.2, 0) is 0 Å². The van der Waals surface area contributed by atoms with E-state index in [1.807, 2.05) is 0 Å². The van der Waals surface area contributed by atoms with Crippen LogP contribution in [0.1, 0.15) is 45.1 Å². The summed E-state index contributed by atoms with van der Waals surface area (Å²) in [5, 5.41) is 9.25. The van der Waals surface area contributed by atoms with E-state index in [-0.39, 0.29) is 0 Å². The first kappa shape index (κ1) is 15.4. The van der Waals surface area contributed by atoms with Crippen LogP contribution < -0.4 is 4.90 Å². The Balaban J connectivity index is 2.21. The molecule has 0 aliphatic heterocycles. The molecule has 0 saturated heterocycles. The molecule has 0 radical (unpaired) electrons. The maximum absolute atomic E-state index is 9.25. The lowest BCUT2D eigenvalue weighted by molar-refractivity contribution is 0.732. The molecule has 2 heteroatoms. The van der Waals surface area contributed by atoms with Crippen LogP contribution in [0.15, 0.2) is 42.0 Å². The molecule has 0 fully saturated rings. The average Bonchev–Trinajstić information content (AvgIpc) is 2.56. The van der Waals surface area contributed by atoms with Crippen LogP contribution in [0.3, 0.4) is 0 Å². The lowest BCUT2D eigenvalue weighted by Crippen LogP contribution is -2.23. The summed E-state index contributed by atoms with van der Waals surface area (Å²) < 4.78 is 0. The quantitative estimate of drug-likeness (QED) is 0.738. The van der Waals surface area contributed by atoms with E-state index >= 15 is 0 Å². The lowest BCUT2D eigenvalue weighted by atomic mass is 9.93. The fraction of sp³-hybridized carbons (Fsp3) is 0.421. The lowest BCUT2D eigenvalue weighted by Gasteiger charge is -2.23. The Morgan fingerprint density at radius 3 is 2.57 bits per heavy atom. The van der Waals surface area contributed by atoms with Gasteiger partial charge in [0.25, 0.3) is 0 Å². The number of hydrogen-bond donors (Lipinski definition) is 0. The molecule has 0 unspecified atom stereocenters. The fourth-order valence-electron chi connectivity index (χ4n) is 2.72. The van der Waals surface area contributed by atoms with E-state index in [9.17, 15) is 5.26 Å². The highest BCUT2D eigenvalue weighted by molar-refractivity contribution is 5.80. The van der Waals surface area contributed by atoms with Crippen molar-refractivity contribution < 1.29 is 0 Å². The van der Waals surface area contributed by atoms with E-state index in [1.54, 1.807) is 0 Å². The molecule has 1 aliphatic carbocycles. The molecule has 1 aromatic carbocycles. The zero-order chi connectivity index (χ0) is 15.1. The van der Waals surface area contributed by atoms with E-state index in [0.29, 0.717) is 0 Å². The molecule has 2 nitrogen and oxygen atoms in total. The summed E-state index contributed by atoms with van der Waals surface area (Å²) in [6.45, 7) is 6.57. The second-order valence-corrected chi connectivity index (χ2v) is 5.43. The van der Waals surface area contributed by atoms with Gasteiger partial charge in [-0.1, -0.05) is 37.6 Å². The van der Waals surface area contributed by atoms with Gasteiger partial charge in [-0.25, -0.2) is 0 Å². The fourth-order valence-corrected chi connectivity index (χ4v) is 2.72. The van der Waals surface area contributed by atoms with Crippen LogP contribution in [-0.4, -0.2) is 13.1 Å². The summed E-state index contributed by atoms with van der Waals surface area (Å²) in [5.74, 6) is 0. The largest absolute Gasteiger partial charge is 0.372 e. The van der Waals surface area contributed by atoms with Gasteiger partial charge >= 0.3 is 0 Å². The summed E-state index contributed by atoms with van der Waals surface area (Å²) in [6, 6.07) is 11.0. The Morgan fingerprint density at radius 2 is 1.95 bits per heavy atom. The van der Waals surface area contributed by atoms with Gasteiger partial charge < -0.3 is 4.90 Å². The Hall–Kier alpha value is -2.01. The average molecular weight is 280 g/mol. The molecule has 0 aromatic heterocycles. The molecule has 0 saturated carbocycles. The van der Waals surface area contributed by atoms with Crippen molar-refractivity contribution in [2.24, 2.45) is 0 Å². The molecule has 0 spiro atoms. The van der Waals surface area contributed by atoms with Crippen molar-refractivity contribution in [3.05, 3.63) is 47.6 Å². The smallest absolute Gasteiger partial charge is 0.0953 e. The van der Waals surface area contributed by atoms with Crippen LogP contribution in [0.4, 0.5) is 5.69 Å². The van der Waals surface area contributed by atoms with Gasteiger partial charge in [0, 0.05) is 24.4 Å². The van der Waals surface area contributed by atoms with E-state index < -0.39 is 0 Å². The third-order valence-electron chi connectivity index (χ3n) is 4.01. The Labute approximate surface area is 128 Å². The molecule has 0 N–H and O–H groups in total. The third kappa shape index (κ3) is 3.76. The second-order valence-electron chi connectivity index (χ2n) is 5.43. The minimum atomic E-state index is 0.863. The van der Waals surface area contributed by atoms with Gasteiger partial charge in [-0.05, 0) is 49.5 Å². The third-order valence-corrected chi connectivity index (χ3v) is 4.01. The highest BCUT2D eigenvalue weighted by atomic mass is 15.1. The molecule has 110 valence electrons. The van der Waals surface area contributed by atoms with E-state index in [0.717, 1.165) is 42.6 Å². The number of allylic oxidation sites excluding steroid dienone is 4. The van der Waals surface area contributed by atoms with Crippen molar-refractivity contribution in [3.8, 4) is 6.07 Å². The number of rotatable bonds is 6. The van der Waals surface area contributed by atoms with Gasteiger partial charge in [-0.15, -0.1) is 0 Å². The van der Waals surface area contributed by atoms with Crippen LogP contribution in [0, 0.1) is 11.3 Å². The van der Waals surface area contributed by atoms with Crippen LogP contribution in [0.2, 0.25) is 0 Å². The predicted molar refractivity (Wildman–Crippen MR) is 90.1 cm³/mol. The molecule has 1 aliphatic rings. The van der Waals surface area contributed by atoms with Crippen molar-refractivity contribution >= 4 is 11.3 Å². The highest BCUT2D eigenvalue weighted by Crippen LogP contribution is 2.28. The Kier molecular flexibility index (Phi) is 5.63. The van der Waals surface area contributed by atoms with Gasteiger partial charge in [0.1, 0.15) is 0 Å². The summed E-state index contributed by atoms with van der Waals surface area (Å²) in [6.07, 6.45) is 8.53. The van der Waals surface area contributed by atoms with E-state index in [1.165, 1.54) is 18.5 Å². The van der Waals surface area contributed by atoms with Crippen molar-refractivity contribution in [3.63, 3.8) is 0 Å². The van der Waals surface area contributed by atoms with Crippen molar-refractivity contribution in [1.82, 2.24) is 0 Å². The number of unbranched alkanes of at least 4 members (excludes halogenated alkanes) is 1. The first-order valence-electron chi connectivity index (χ1n) is 7.95. The first-order valence-corrected chi connectivity index (χ1v) is 7.95. The van der Waals surface area contributed by atoms with Gasteiger partial charge in [0.15, 0.2) is 0 Å². The summed E-state index contributed by atoms with van der Waals surface area (Å²) in [7, 11) is 0. The molecule has 2 rings (SSSR count). The molecule has 1 aromatic rings. The number of hydrogen-bond acceptors (Lipinski definition) is 2. The van der Waals surface area contributed by atoms with E-state index in [4.69, 9.17) is 0 Å². The molecule has 0 atom stereocenters. The Morgan fingerprint density at radius 1 is 1.19 bits per heavy atom. The minimum Gasteiger partial charge on any atom is -0.372 e. The van der Waals surface area contributed by atoms with Crippen molar-refractivity contribution in [2.75, 3.05) is 18.0 Å². The first-order chi connectivity index (χ1) is 10.3. The molecule has 21 heavy (non-hydrogen) atoms. The Bertz CT molecular complexity index is 558. The maximum atomic E-state index is 9.25. The number of anilines is 1. The van der Waals surface area contributed by atoms with Crippen molar-refractivity contribution in [1.29, 1.82) is 5.26 Å². The minimum absolute atomic E-state index is 0.863. The van der Waals surface area contributed by atoms with Gasteiger partial charge in [-0.2, -0.15) is 5.26 Å². The number of nitriles is 1. The van der Waals surface area contributed by atoms with Crippen molar-refractivity contribution in [2.45, 2.75) is 39.5 Å². The standard InChI is InChI=1S/C19H24N2/c1-3-5-14-21(4-2)18-12-10-16(11-13-18)19-9-7-6-8-17(19)15-20/h7,9-13H,3-6,8,14H2,1-2H3. The second kappa shape index (κ2) is 7.69. The molecule has 0 heterocycles. The highest BCUT2D eigenvalue weighted by Gasteiger charge is 2.10. The molecular formula is C19H24N2. The summed E-state index contributed by atoms with van der Waals surface area (Å²) in [5.41, 5.74) is 4.42. The molecule has 0 amide bonds. The molecular weight excluding hydrogens is 256 g/mol. The van der Waals surface area contributed by atoms with Gasteiger partial charge in [-0.3, -0.25) is 0 Å². The predicted octanol–water partition coefficient (Wildman–Crippen LogP) is 4.94. The van der Waals surface area contributed by atoms with Crippen LogP contribution in [0.25, 0.3) is 5.57 Å². The number of nitrogens with zero attached hydrogens (tertiary/aromatic N) is 2. The topological polar surface area (TPSA) is 27.0 Å². The molecule has 0 bridgehead atoms. The monoisotopic (exact) mass is 280 g/mol. The maximum Gasteiger partial charge on any atom is 0.0953 e. The normalized spacial score (nSPS) is 14.1. The summed E-state index contributed by atoms with van der Waals surface area (Å²) in [4.78, 5) is 2.41. The van der Waals surface area contributed by atoms with Crippen LogP contribution >= 0.6 is 0 Å². The SMILES string of the molecule is CCCCN(CC)c1ccc(C2=C(C#N)CCC=C2)cc1. The zero-order valence-corrected chi connectivity index (χ0v) is 13.1. The zero-order valence-electron chi connectivity index (χ0n) is 13.1. The van der Waals surface area contributed by atoms with Gasteiger partial charge in [0.2, 0.25) is 0 Å². The summed E-state index contributed by atoms with van der Waals surface area (Å²) >= 11 is 0. The number of benzene rings is 1.